The van der Waals surface area contributed by atoms with Gasteiger partial charge in [-0.3, -0.25) is 14.9 Å². The largest absolute Gasteiger partial charge is 0.366 e. The Bertz CT molecular complexity index is 699. The maximum Gasteiger partial charge on any atom is 0.315 e. The highest BCUT2D eigenvalue weighted by Gasteiger charge is 2.27. The molecule has 0 bridgehead atoms. The first-order valence-electron chi connectivity index (χ1n) is 7.14. The molecule has 2 heterocycles. The van der Waals surface area contributed by atoms with Crippen LogP contribution in [0.2, 0.25) is 0 Å². The van der Waals surface area contributed by atoms with E-state index < -0.39 is 11.8 Å². The van der Waals surface area contributed by atoms with Gasteiger partial charge in [0.2, 0.25) is 0 Å². The quantitative estimate of drug-likeness (QED) is 0.847. The van der Waals surface area contributed by atoms with Gasteiger partial charge in [-0.05, 0) is 12.1 Å². The lowest BCUT2D eigenvalue weighted by Crippen LogP contribution is -2.51. The third-order valence-corrected chi connectivity index (χ3v) is 4.30. The summed E-state index contributed by atoms with van der Waals surface area (Å²) in [4.78, 5) is 31.3. The second-order valence-corrected chi connectivity index (χ2v) is 5.92. The number of rotatable bonds is 2. The summed E-state index contributed by atoms with van der Waals surface area (Å²) < 4.78 is 13.8. The van der Waals surface area contributed by atoms with Crippen molar-refractivity contribution in [2.24, 2.45) is 0 Å². The molecule has 1 fully saturated rings. The Morgan fingerprint density at radius 3 is 2.57 bits per heavy atom. The van der Waals surface area contributed by atoms with Crippen LogP contribution in [-0.4, -0.2) is 47.9 Å². The fourth-order valence-electron chi connectivity index (χ4n) is 2.44. The summed E-state index contributed by atoms with van der Waals surface area (Å²) in [5.41, 5.74) is 0.520. The maximum absolute atomic E-state index is 13.8. The van der Waals surface area contributed by atoms with Crippen LogP contribution in [-0.2, 0) is 9.59 Å². The zero-order valence-corrected chi connectivity index (χ0v) is 13.1. The fraction of sp³-hybridized carbons (Fsp3) is 0.267. The van der Waals surface area contributed by atoms with Crippen LogP contribution >= 0.6 is 11.3 Å². The van der Waals surface area contributed by atoms with E-state index in [-0.39, 0.29) is 5.82 Å². The summed E-state index contributed by atoms with van der Waals surface area (Å²) in [6.45, 7) is 1.71. The van der Waals surface area contributed by atoms with Crippen LogP contribution in [0.3, 0.4) is 0 Å². The average Bonchev–Trinajstić information content (AvgIpc) is 3.08. The summed E-state index contributed by atoms with van der Waals surface area (Å²) in [7, 11) is 0. The van der Waals surface area contributed by atoms with Crippen LogP contribution in [0.15, 0.2) is 35.8 Å². The van der Waals surface area contributed by atoms with E-state index in [2.05, 4.69) is 10.3 Å². The van der Waals surface area contributed by atoms with Crippen LogP contribution in [0.4, 0.5) is 15.2 Å². The molecule has 8 heteroatoms. The summed E-state index contributed by atoms with van der Waals surface area (Å²) >= 11 is 1.25. The number of hydrogen-bond donors (Lipinski definition) is 1. The molecule has 1 aliphatic rings. The van der Waals surface area contributed by atoms with E-state index in [1.165, 1.54) is 22.3 Å². The lowest BCUT2D eigenvalue weighted by Gasteiger charge is -2.35. The SMILES string of the molecule is O=C(Nc1nccs1)C(=O)N1CCN(c2ccccc2F)CC1. The van der Waals surface area contributed by atoms with E-state index >= 15 is 0 Å². The highest BCUT2D eigenvalue weighted by atomic mass is 32.1. The first-order chi connectivity index (χ1) is 11.1. The summed E-state index contributed by atoms with van der Waals surface area (Å²) in [6.07, 6.45) is 1.55. The fourth-order valence-corrected chi connectivity index (χ4v) is 2.96. The molecule has 23 heavy (non-hydrogen) atoms. The molecule has 1 aromatic heterocycles. The number of carbonyl (C=O) groups excluding carboxylic acids is 2. The van der Waals surface area contributed by atoms with Gasteiger partial charge in [0.25, 0.3) is 0 Å². The highest BCUT2D eigenvalue weighted by Crippen LogP contribution is 2.20. The van der Waals surface area contributed by atoms with E-state index in [0.717, 1.165) is 0 Å². The number of anilines is 2. The van der Waals surface area contributed by atoms with Crippen molar-refractivity contribution in [2.45, 2.75) is 0 Å². The van der Waals surface area contributed by atoms with Crippen molar-refractivity contribution in [3.8, 4) is 0 Å². The summed E-state index contributed by atoms with van der Waals surface area (Å²) in [5.74, 6) is -1.57. The Morgan fingerprint density at radius 1 is 1.17 bits per heavy atom. The molecule has 1 N–H and O–H groups in total. The molecule has 0 spiro atoms. The number of thiazole rings is 1. The first kappa shape index (κ1) is 15.4. The Balaban J connectivity index is 1.57. The number of nitrogens with one attached hydrogen (secondary N) is 1. The zero-order valence-electron chi connectivity index (χ0n) is 12.2. The van der Waals surface area contributed by atoms with Crippen LogP contribution in [0.25, 0.3) is 0 Å². The first-order valence-corrected chi connectivity index (χ1v) is 8.02. The third kappa shape index (κ3) is 3.48. The van der Waals surface area contributed by atoms with Crippen molar-refractivity contribution < 1.29 is 14.0 Å². The van der Waals surface area contributed by atoms with Crippen molar-refractivity contribution in [3.05, 3.63) is 41.7 Å². The standard InChI is InChI=1S/C15H15FN4O2S/c16-11-3-1-2-4-12(11)19-6-8-20(9-7-19)14(22)13(21)18-15-17-5-10-23-15/h1-5,10H,6-9H2,(H,17,18,21). The molecule has 120 valence electrons. The van der Waals surface area contributed by atoms with Crippen molar-refractivity contribution >= 4 is 34.0 Å². The van der Waals surface area contributed by atoms with Crippen molar-refractivity contribution in [2.75, 3.05) is 36.4 Å². The zero-order chi connectivity index (χ0) is 16.2. The molecule has 0 atom stereocenters. The van der Waals surface area contributed by atoms with Gasteiger partial charge >= 0.3 is 11.8 Å². The van der Waals surface area contributed by atoms with Gasteiger partial charge in [0.15, 0.2) is 5.13 Å². The summed E-state index contributed by atoms with van der Waals surface area (Å²) in [6, 6.07) is 6.54. The Hall–Kier alpha value is -2.48. The van der Waals surface area contributed by atoms with Gasteiger partial charge in [-0.1, -0.05) is 12.1 Å². The molecule has 0 saturated carbocycles. The van der Waals surface area contributed by atoms with Gasteiger partial charge in [0.1, 0.15) is 5.82 Å². The highest BCUT2D eigenvalue weighted by molar-refractivity contribution is 7.13. The Labute approximate surface area is 136 Å². The van der Waals surface area contributed by atoms with Crippen molar-refractivity contribution in [1.29, 1.82) is 0 Å². The van der Waals surface area contributed by atoms with Crippen LogP contribution in [0, 0.1) is 5.82 Å². The Kier molecular flexibility index (Phi) is 4.52. The minimum atomic E-state index is -0.695. The number of nitrogens with zero attached hydrogens (tertiary/aromatic N) is 3. The molecular formula is C15H15FN4O2S. The average molecular weight is 334 g/mol. The third-order valence-electron chi connectivity index (χ3n) is 3.61. The molecule has 0 radical (unpaired) electrons. The molecule has 6 nitrogen and oxygen atoms in total. The maximum atomic E-state index is 13.8. The number of benzene rings is 1. The van der Waals surface area contributed by atoms with Crippen molar-refractivity contribution in [3.63, 3.8) is 0 Å². The number of para-hydroxylation sites is 1. The van der Waals surface area contributed by atoms with Gasteiger partial charge in [-0.25, -0.2) is 9.37 Å². The number of hydrogen-bond acceptors (Lipinski definition) is 5. The van der Waals surface area contributed by atoms with Gasteiger partial charge < -0.3 is 9.80 Å². The molecule has 3 rings (SSSR count). The van der Waals surface area contributed by atoms with Crippen LogP contribution < -0.4 is 10.2 Å². The molecule has 1 aliphatic heterocycles. The number of halogens is 1. The van der Waals surface area contributed by atoms with Gasteiger partial charge in [-0.2, -0.15) is 0 Å². The van der Waals surface area contributed by atoms with E-state index in [1.54, 1.807) is 29.8 Å². The molecule has 1 aromatic carbocycles. The molecular weight excluding hydrogens is 319 g/mol. The van der Waals surface area contributed by atoms with E-state index in [0.29, 0.717) is 37.0 Å². The second-order valence-electron chi connectivity index (χ2n) is 5.02. The van der Waals surface area contributed by atoms with E-state index in [1.807, 2.05) is 4.90 Å². The van der Waals surface area contributed by atoms with Crippen LogP contribution in [0.1, 0.15) is 0 Å². The molecule has 1 saturated heterocycles. The minimum absolute atomic E-state index is 0.284. The van der Waals surface area contributed by atoms with Gasteiger partial charge in [0.05, 0.1) is 5.69 Å². The molecule has 2 aromatic rings. The number of amides is 2. The predicted molar refractivity (Wildman–Crippen MR) is 85.9 cm³/mol. The lowest BCUT2D eigenvalue weighted by molar-refractivity contribution is -0.143. The number of piperazine rings is 1. The van der Waals surface area contributed by atoms with E-state index in [4.69, 9.17) is 0 Å². The molecule has 0 aliphatic carbocycles. The topological polar surface area (TPSA) is 65.5 Å². The number of aromatic nitrogens is 1. The van der Waals surface area contributed by atoms with Gasteiger partial charge in [-0.15, -0.1) is 11.3 Å². The molecule has 0 unspecified atom stereocenters. The smallest absolute Gasteiger partial charge is 0.315 e. The van der Waals surface area contributed by atoms with E-state index in [9.17, 15) is 14.0 Å². The Morgan fingerprint density at radius 2 is 1.91 bits per heavy atom. The lowest BCUT2D eigenvalue weighted by atomic mass is 10.2. The van der Waals surface area contributed by atoms with Crippen molar-refractivity contribution in [1.82, 2.24) is 9.88 Å². The van der Waals surface area contributed by atoms with Gasteiger partial charge in [0, 0.05) is 37.8 Å². The molecule has 2 amide bonds. The van der Waals surface area contributed by atoms with Crippen LogP contribution in [0.5, 0.6) is 0 Å². The summed E-state index contributed by atoms with van der Waals surface area (Å²) in [5, 5.41) is 4.59. The predicted octanol–water partition coefficient (Wildman–Crippen LogP) is 1.57. The second kappa shape index (κ2) is 6.74. The minimum Gasteiger partial charge on any atom is -0.366 e. The normalized spacial score (nSPS) is 14.7. The number of carbonyl (C=O) groups is 2. The monoisotopic (exact) mass is 334 g/mol.